The average Bonchev–Trinajstić information content (AvgIpc) is 2.99. The van der Waals surface area contributed by atoms with Gasteiger partial charge in [-0.1, -0.05) is 38.1 Å². The lowest BCUT2D eigenvalue weighted by atomic mass is 10.0. The molecule has 112 valence electrons. The maximum Gasteiger partial charge on any atom is 0.249 e. The van der Waals surface area contributed by atoms with Crippen molar-refractivity contribution in [2.24, 2.45) is 5.73 Å². The fraction of sp³-hybridized carbons (Fsp3) is 0.111. The number of hydrogen-bond donors (Lipinski definition) is 2. The second kappa shape index (κ2) is 7.22. The number of benzene rings is 1. The van der Waals surface area contributed by atoms with Gasteiger partial charge in [0.05, 0.1) is 0 Å². The molecule has 0 aliphatic rings. The van der Waals surface area contributed by atoms with Gasteiger partial charge in [-0.3, -0.25) is 9.78 Å². The van der Waals surface area contributed by atoms with Crippen molar-refractivity contribution in [2.45, 2.75) is 13.8 Å². The lowest BCUT2D eigenvalue weighted by Crippen LogP contribution is -2.12. The first kappa shape index (κ1) is 15.5. The molecule has 0 bridgehead atoms. The van der Waals surface area contributed by atoms with Crippen LogP contribution in [0.15, 0.2) is 55.0 Å². The molecule has 3 aromatic rings. The summed E-state index contributed by atoms with van der Waals surface area (Å²) in [4.78, 5) is 18.9. The van der Waals surface area contributed by atoms with Crippen molar-refractivity contribution in [3.05, 3.63) is 66.1 Å². The molecule has 0 spiro atoms. The van der Waals surface area contributed by atoms with Crippen LogP contribution in [0.3, 0.4) is 0 Å². The van der Waals surface area contributed by atoms with E-state index in [1.165, 1.54) is 0 Å². The van der Waals surface area contributed by atoms with E-state index in [4.69, 9.17) is 5.73 Å². The van der Waals surface area contributed by atoms with Gasteiger partial charge in [-0.05, 0) is 23.8 Å². The zero-order valence-electron chi connectivity index (χ0n) is 12.7. The summed E-state index contributed by atoms with van der Waals surface area (Å²) in [5.41, 5.74) is 8.61. The van der Waals surface area contributed by atoms with E-state index in [-0.39, 0.29) is 0 Å². The van der Waals surface area contributed by atoms with Crippen molar-refractivity contribution < 1.29 is 4.79 Å². The summed E-state index contributed by atoms with van der Waals surface area (Å²) >= 11 is 0. The number of amides is 1. The molecule has 4 heteroatoms. The molecule has 0 saturated heterocycles. The van der Waals surface area contributed by atoms with Gasteiger partial charge in [0.25, 0.3) is 0 Å². The average molecular weight is 293 g/mol. The lowest BCUT2D eigenvalue weighted by Gasteiger charge is -2.02. The third-order valence-corrected chi connectivity index (χ3v) is 3.14. The third-order valence-electron chi connectivity index (χ3n) is 3.14. The topological polar surface area (TPSA) is 71.8 Å². The summed E-state index contributed by atoms with van der Waals surface area (Å²) in [5, 5.41) is 0.974. The standard InChI is InChI=1S/C16H13N3O.C2H6/c17-16(20)13(8-11-4-3-7-18-9-11)14-10-19-15-6-2-1-5-12(14)15;1-2/h1-10,19H,(H2,17,20);1-2H3/b13-8+;. The fourth-order valence-corrected chi connectivity index (χ4v) is 2.20. The number of H-pyrrole nitrogens is 1. The number of fused-ring (bicyclic) bond motifs is 1. The Labute approximate surface area is 129 Å². The van der Waals surface area contributed by atoms with E-state index in [0.29, 0.717) is 5.57 Å². The van der Waals surface area contributed by atoms with Crippen LogP contribution in [0.1, 0.15) is 25.0 Å². The van der Waals surface area contributed by atoms with Gasteiger partial charge in [0, 0.05) is 40.6 Å². The highest BCUT2D eigenvalue weighted by Crippen LogP contribution is 2.26. The first-order chi connectivity index (χ1) is 10.8. The molecule has 0 aliphatic carbocycles. The van der Waals surface area contributed by atoms with Crippen LogP contribution >= 0.6 is 0 Å². The van der Waals surface area contributed by atoms with E-state index >= 15 is 0 Å². The second-order valence-corrected chi connectivity index (χ2v) is 4.46. The van der Waals surface area contributed by atoms with E-state index in [9.17, 15) is 4.79 Å². The quantitative estimate of drug-likeness (QED) is 0.724. The first-order valence-corrected chi connectivity index (χ1v) is 7.24. The number of para-hydroxylation sites is 1. The van der Waals surface area contributed by atoms with Crippen LogP contribution in [0, 0.1) is 0 Å². The van der Waals surface area contributed by atoms with E-state index in [2.05, 4.69) is 9.97 Å². The summed E-state index contributed by atoms with van der Waals surface area (Å²) in [6, 6.07) is 11.5. The van der Waals surface area contributed by atoms with Gasteiger partial charge in [-0.15, -0.1) is 0 Å². The molecule has 3 rings (SSSR count). The highest BCUT2D eigenvalue weighted by molar-refractivity contribution is 6.26. The minimum Gasteiger partial charge on any atom is -0.366 e. The molecule has 0 saturated carbocycles. The van der Waals surface area contributed by atoms with E-state index < -0.39 is 5.91 Å². The van der Waals surface area contributed by atoms with Crippen molar-refractivity contribution >= 4 is 28.5 Å². The van der Waals surface area contributed by atoms with Crippen LogP contribution in [0.25, 0.3) is 22.6 Å². The number of aromatic nitrogens is 2. The molecule has 22 heavy (non-hydrogen) atoms. The largest absolute Gasteiger partial charge is 0.366 e. The minimum atomic E-state index is -0.460. The monoisotopic (exact) mass is 293 g/mol. The van der Waals surface area contributed by atoms with Gasteiger partial charge in [0.1, 0.15) is 0 Å². The van der Waals surface area contributed by atoms with Gasteiger partial charge in [-0.25, -0.2) is 0 Å². The molecule has 2 aromatic heterocycles. The summed E-state index contributed by atoms with van der Waals surface area (Å²) in [6.45, 7) is 4.00. The number of aromatic amines is 1. The first-order valence-electron chi connectivity index (χ1n) is 7.24. The van der Waals surface area contributed by atoms with Crippen LogP contribution in [0.5, 0.6) is 0 Å². The van der Waals surface area contributed by atoms with Crippen molar-refractivity contribution in [1.82, 2.24) is 9.97 Å². The van der Waals surface area contributed by atoms with E-state index in [1.807, 2.05) is 50.2 Å². The van der Waals surface area contributed by atoms with Crippen LogP contribution in [0.4, 0.5) is 0 Å². The number of nitrogens with zero attached hydrogens (tertiary/aromatic N) is 1. The van der Waals surface area contributed by atoms with Gasteiger partial charge in [-0.2, -0.15) is 0 Å². The van der Waals surface area contributed by atoms with Crippen LogP contribution in [-0.4, -0.2) is 15.9 Å². The van der Waals surface area contributed by atoms with Crippen molar-refractivity contribution in [3.63, 3.8) is 0 Å². The van der Waals surface area contributed by atoms with Crippen LogP contribution < -0.4 is 5.73 Å². The minimum absolute atomic E-state index is 0.460. The number of rotatable bonds is 3. The fourth-order valence-electron chi connectivity index (χ4n) is 2.20. The Hall–Kier alpha value is -2.88. The van der Waals surface area contributed by atoms with Crippen molar-refractivity contribution in [1.29, 1.82) is 0 Å². The molecule has 0 aliphatic heterocycles. The molecule has 4 nitrogen and oxygen atoms in total. The molecule has 0 atom stereocenters. The maximum absolute atomic E-state index is 11.8. The molecule has 0 radical (unpaired) electrons. The normalized spacial score (nSPS) is 10.9. The molecular weight excluding hydrogens is 274 g/mol. The van der Waals surface area contributed by atoms with E-state index in [0.717, 1.165) is 22.0 Å². The highest BCUT2D eigenvalue weighted by atomic mass is 16.1. The predicted molar refractivity (Wildman–Crippen MR) is 90.9 cm³/mol. The number of pyridine rings is 1. The Morgan fingerprint density at radius 2 is 1.95 bits per heavy atom. The Morgan fingerprint density at radius 1 is 1.18 bits per heavy atom. The molecule has 0 fully saturated rings. The molecule has 3 N–H and O–H groups in total. The Morgan fingerprint density at radius 3 is 2.64 bits per heavy atom. The Bertz CT molecular complexity index is 788. The number of hydrogen-bond acceptors (Lipinski definition) is 2. The summed E-state index contributed by atoms with van der Waals surface area (Å²) in [7, 11) is 0. The molecular formula is C18H19N3O. The zero-order valence-corrected chi connectivity index (χ0v) is 12.7. The SMILES string of the molecule is CC.NC(=O)/C(=C/c1cccnc1)c1c[nH]c2ccccc12. The van der Waals surface area contributed by atoms with Gasteiger partial charge >= 0.3 is 0 Å². The highest BCUT2D eigenvalue weighted by Gasteiger charge is 2.13. The zero-order chi connectivity index (χ0) is 15.9. The number of nitrogens with one attached hydrogen (secondary N) is 1. The van der Waals surface area contributed by atoms with Crippen molar-refractivity contribution in [2.75, 3.05) is 0 Å². The number of primary amides is 1. The Kier molecular flexibility index (Phi) is 5.09. The Balaban J connectivity index is 0.000000847. The van der Waals surface area contributed by atoms with Crippen LogP contribution in [0.2, 0.25) is 0 Å². The van der Waals surface area contributed by atoms with Crippen LogP contribution in [-0.2, 0) is 4.79 Å². The molecule has 1 aromatic carbocycles. The smallest absolute Gasteiger partial charge is 0.249 e. The molecule has 2 heterocycles. The molecule has 0 unspecified atom stereocenters. The summed E-state index contributed by atoms with van der Waals surface area (Å²) in [5.74, 6) is -0.460. The van der Waals surface area contributed by atoms with Crippen molar-refractivity contribution in [3.8, 4) is 0 Å². The predicted octanol–water partition coefficient (Wildman–Crippen LogP) is 3.62. The third kappa shape index (κ3) is 3.23. The summed E-state index contributed by atoms with van der Waals surface area (Å²) in [6.07, 6.45) is 6.94. The summed E-state index contributed by atoms with van der Waals surface area (Å²) < 4.78 is 0. The van der Waals surface area contributed by atoms with Gasteiger partial charge < -0.3 is 10.7 Å². The number of carbonyl (C=O) groups excluding carboxylic acids is 1. The second-order valence-electron chi connectivity index (χ2n) is 4.46. The maximum atomic E-state index is 11.8. The van der Waals surface area contributed by atoms with Gasteiger partial charge in [0.15, 0.2) is 0 Å². The van der Waals surface area contributed by atoms with Gasteiger partial charge in [0.2, 0.25) is 5.91 Å². The molecule has 1 amide bonds. The number of carbonyl (C=O) groups is 1. The van der Waals surface area contributed by atoms with E-state index in [1.54, 1.807) is 24.7 Å². The number of nitrogens with two attached hydrogens (primary N) is 1. The lowest BCUT2D eigenvalue weighted by molar-refractivity contribution is -0.112.